The number of thiocarbonyl (C=S) groups is 1. The van der Waals surface area contributed by atoms with Crippen molar-refractivity contribution in [1.29, 1.82) is 0 Å². The van der Waals surface area contributed by atoms with Gasteiger partial charge in [-0.25, -0.2) is 8.42 Å². The van der Waals surface area contributed by atoms with Gasteiger partial charge < -0.3 is 5.73 Å². The largest absolute Gasteiger partial charge is 0.389 e. The van der Waals surface area contributed by atoms with Gasteiger partial charge in [-0.05, 0) is 42.5 Å². The lowest BCUT2D eigenvalue weighted by atomic mass is 10.2. The van der Waals surface area contributed by atoms with Crippen molar-refractivity contribution in [3.8, 4) is 0 Å². The van der Waals surface area contributed by atoms with Gasteiger partial charge in [-0.15, -0.1) is 0 Å². The normalized spacial score (nSPS) is 11.1. The number of anilines is 1. The first kappa shape index (κ1) is 16.2. The van der Waals surface area contributed by atoms with E-state index in [0.29, 0.717) is 15.7 Å². The van der Waals surface area contributed by atoms with Crippen molar-refractivity contribution in [2.75, 3.05) is 4.72 Å². The van der Waals surface area contributed by atoms with Gasteiger partial charge in [-0.1, -0.05) is 39.7 Å². The minimum atomic E-state index is -3.76. The first-order valence-electron chi connectivity index (χ1n) is 5.67. The van der Waals surface area contributed by atoms with Crippen LogP contribution in [0.25, 0.3) is 0 Å². The molecule has 4 nitrogen and oxygen atoms in total. The van der Waals surface area contributed by atoms with Gasteiger partial charge in [0.25, 0.3) is 10.0 Å². The van der Waals surface area contributed by atoms with Crippen molar-refractivity contribution in [2.24, 2.45) is 5.73 Å². The molecule has 2 aromatic rings. The molecule has 21 heavy (non-hydrogen) atoms. The second-order valence-corrected chi connectivity index (χ2v) is 7.54. The van der Waals surface area contributed by atoms with Gasteiger partial charge in [0.05, 0.1) is 5.02 Å². The summed E-state index contributed by atoms with van der Waals surface area (Å²) in [5, 5.41) is 0.136. The maximum Gasteiger partial charge on any atom is 0.263 e. The van der Waals surface area contributed by atoms with Crippen molar-refractivity contribution < 1.29 is 8.42 Å². The smallest absolute Gasteiger partial charge is 0.263 e. The van der Waals surface area contributed by atoms with Crippen LogP contribution in [0.2, 0.25) is 5.02 Å². The molecule has 3 N–H and O–H groups in total. The van der Waals surface area contributed by atoms with Gasteiger partial charge in [-0.2, -0.15) is 0 Å². The Bertz CT molecular complexity index is 792. The molecule has 2 rings (SSSR count). The van der Waals surface area contributed by atoms with Gasteiger partial charge in [0.15, 0.2) is 0 Å². The molecule has 0 aliphatic carbocycles. The van der Waals surface area contributed by atoms with Crippen LogP contribution in [0.15, 0.2) is 51.8 Å². The predicted molar refractivity (Wildman–Crippen MR) is 92.3 cm³/mol. The molecule has 0 unspecified atom stereocenters. The molecule has 0 saturated carbocycles. The van der Waals surface area contributed by atoms with Crippen molar-refractivity contribution in [2.45, 2.75) is 4.90 Å². The second kappa shape index (κ2) is 6.31. The highest BCUT2D eigenvalue weighted by Crippen LogP contribution is 2.27. The molecular weight excluding hydrogens is 396 g/mol. The Kier molecular flexibility index (Phi) is 4.88. The fourth-order valence-electron chi connectivity index (χ4n) is 1.61. The Morgan fingerprint density at radius 1 is 1.19 bits per heavy atom. The monoisotopic (exact) mass is 404 g/mol. The number of rotatable bonds is 4. The summed E-state index contributed by atoms with van der Waals surface area (Å²) < 4.78 is 27.7. The molecular formula is C13H10BrClN2O2S2. The molecule has 2 aromatic carbocycles. The summed E-state index contributed by atoms with van der Waals surface area (Å²) in [6, 6.07) is 11.0. The lowest BCUT2D eigenvalue weighted by molar-refractivity contribution is 0.601. The summed E-state index contributed by atoms with van der Waals surface area (Å²) in [5.41, 5.74) is 6.55. The highest BCUT2D eigenvalue weighted by atomic mass is 79.9. The number of halogens is 2. The zero-order valence-electron chi connectivity index (χ0n) is 10.5. The third kappa shape index (κ3) is 3.94. The van der Waals surface area contributed by atoms with Gasteiger partial charge in [0, 0.05) is 15.7 Å². The number of sulfonamides is 1. The maximum atomic E-state index is 12.3. The fraction of sp³-hybridized carbons (Fsp3) is 0. The second-order valence-electron chi connectivity index (χ2n) is 4.12. The van der Waals surface area contributed by atoms with Crippen LogP contribution in [0.3, 0.4) is 0 Å². The lowest BCUT2D eigenvalue weighted by Gasteiger charge is -2.10. The molecule has 8 heteroatoms. The zero-order chi connectivity index (χ0) is 15.6. The molecule has 0 heterocycles. The molecule has 0 radical (unpaired) electrons. The van der Waals surface area contributed by atoms with Gasteiger partial charge in [-0.3, -0.25) is 4.72 Å². The minimum Gasteiger partial charge on any atom is -0.389 e. The van der Waals surface area contributed by atoms with Gasteiger partial charge >= 0.3 is 0 Å². The van der Waals surface area contributed by atoms with Crippen LogP contribution in [-0.4, -0.2) is 13.4 Å². The fourth-order valence-corrected chi connectivity index (χ4v) is 3.84. The molecule has 0 aromatic heterocycles. The average molecular weight is 406 g/mol. The van der Waals surface area contributed by atoms with Crippen molar-refractivity contribution in [3.63, 3.8) is 0 Å². The number of hydrogen-bond acceptors (Lipinski definition) is 3. The van der Waals surface area contributed by atoms with E-state index < -0.39 is 10.0 Å². The molecule has 0 spiro atoms. The summed E-state index contributed by atoms with van der Waals surface area (Å²) in [4.78, 5) is 0.256. The van der Waals surface area contributed by atoms with Crippen LogP contribution in [0.4, 0.5) is 5.69 Å². The summed E-state index contributed by atoms with van der Waals surface area (Å²) in [5.74, 6) is 0. The number of nitrogens with two attached hydrogens (primary N) is 1. The van der Waals surface area contributed by atoms with Crippen LogP contribution >= 0.6 is 39.7 Å². The van der Waals surface area contributed by atoms with E-state index in [9.17, 15) is 8.42 Å². The van der Waals surface area contributed by atoms with Crippen molar-refractivity contribution in [1.82, 2.24) is 0 Å². The molecule has 110 valence electrons. The van der Waals surface area contributed by atoms with Gasteiger partial charge in [0.2, 0.25) is 0 Å². The van der Waals surface area contributed by atoms with E-state index >= 15 is 0 Å². The van der Waals surface area contributed by atoms with Crippen molar-refractivity contribution >= 4 is 60.4 Å². The Labute approximate surface area is 141 Å². The number of hydrogen-bond donors (Lipinski definition) is 2. The van der Waals surface area contributed by atoms with E-state index in [-0.39, 0.29) is 14.9 Å². The average Bonchev–Trinajstić information content (AvgIpc) is 2.38. The van der Waals surface area contributed by atoms with E-state index in [1.54, 1.807) is 30.3 Å². The summed E-state index contributed by atoms with van der Waals surface area (Å²) in [6.45, 7) is 0. The minimum absolute atomic E-state index is 0.00536. The van der Waals surface area contributed by atoms with Gasteiger partial charge in [0.1, 0.15) is 9.88 Å². The summed E-state index contributed by atoms with van der Waals surface area (Å²) in [7, 11) is -3.76. The molecule has 0 aliphatic heterocycles. The van der Waals surface area contributed by atoms with Crippen molar-refractivity contribution in [3.05, 3.63) is 57.5 Å². The van der Waals surface area contributed by atoms with E-state index in [4.69, 9.17) is 29.6 Å². The summed E-state index contributed by atoms with van der Waals surface area (Å²) in [6.07, 6.45) is 0. The SMILES string of the molecule is NC(=S)c1ccc(NS(=O)(=O)c2ccc(Br)cc2Cl)cc1. The quantitative estimate of drug-likeness (QED) is 0.763. The molecule has 0 saturated heterocycles. The number of benzene rings is 2. The Morgan fingerprint density at radius 2 is 1.81 bits per heavy atom. The van der Waals surface area contributed by atoms with Crippen LogP contribution in [0, 0.1) is 0 Å². The molecule has 0 atom stereocenters. The standard InChI is InChI=1S/C13H10BrClN2O2S2/c14-9-3-6-12(11(15)7-9)21(18,19)17-10-4-1-8(2-5-10)13(16)20/h1-7,17H,(H2,16,20). The zero-order valence-corrected chi connectivity index (χ0v) is 14.5. The number of nitrogens with one attached hydrogen (secondary N) is 1. The van der Waals surface area contributed by atoms with E-state index in [2.05, 4.69) is 20.7 Å². The summed E-state index contributed by atoms with van der Waals surface area (Å²) >= 11 is 14.0. The first-order chi connectivity index (χ1) is 9.79. The Morgan fingerprint density at radius 3 is 2.33 bits per heavy atom. The maximum absolute atomic E-state index is 12.3. The van der Waals surface area contributed by atoms with Crippen LogP contribution < -0.4 is 10.5 Å². The van der Waals surface area contributed by atoms with E-state index in [0.717, 1.165) is 0 Å². The Balaban J connectivity index is 2.30. The Hall–Kier alpha value is -1.15. The third-order valence-corrected chi connectivity index (χ3v) is 5.20. The molecule has 0 amide bonds. The molecule has 0 aliphatic rings. The molecule has 0 fully saturated rings. The van der Waals surface area contributed by atoms with Crippen LogP contribution in [0.1, 0.15) is 5.56 Å². The highest BCUT2D eigenvalue weighted by Gasteiger charge is 2.18. The predicted octanol–water partition coefficient (Wildman–Crippen LogP) is 3.54. The lowest BCUT2D eigenvalue weighted by Crippen LogP contribution is -2.14. The third-order valence-electron chi connectivity index (χ3n) is 2.61. The van der Waals surface area contributed by atoms with E-state index in [1.807, 2.05) is 0 Å². The topological polar surface area (TPSA) is 72.2 Å². The van der Waals surface area contributed by atoms with E-state index in [1.165, 1.54) is 12.1 Å². The first-order valence-corrected chi connectivity index (χ1v) is 8.73. The highest BCUT2D eigenvalue weighted by molar-refractivity contribution is 9.10. The van der Waals surface area contributed by atoms with Crippen LogP contribution in [-0.2, 0) is 10.0 Å². The van der Waals surface area contributed by atoms with Crippen LogP contribution in [0.5, 0.6) is 0 Å². The molecule has 0 bridgehead atoms.